The molecule has 4 aromatic rings. The summed E-state index contributed by atoms with van der Waals surface area (Å²) in [5, 5.41) is 3.10. The summed E-state index contributed by atoms with van der Waals surface area (Å²) in [4.78, 5) is 20.9. The number of fused-ring (bicyclic) bond motifs is 1. The highest BCUT2D eigenvalue weighted by atomic mass is 32.1. The zero-order valence-electron chi connectivity index (χ0n) is 15.6. The lowest BCUT2D eigenvalue weighted by molar-refractivity contribution is -0.131. The molecule has 2 heterocycles. The second-order valence-electron chi connectivity index (χ2n) is 6.71. The van der Waals surface area contributed by atoms with Gasteiger partial charge in [-0.15, -0.1) is 22.7 Å². The number of rotatable bonds is 8. The van der Waals surface area contributed by atoms with Crippen LogP contribution >= 0.6 is 22.7 Å². The Hall–Kier alpha value is -2.50. The molecule has 0 unspecified atom stereocenters. The van der Waals surface area contributed by atoms with Crippen molar-refractivity contribution in [1.29, 1.82) is 0 Å². The van der Waals surface area contributed by atoms with Crippen LogP contribution in [-0.4, -0.2) is 22.3 Å². The van der Waals surface area contributed by atoms with Crippen molar-refractivity contribution in [3.63, 3.8) is 0 Å². The van der Waals surface area contributed by atoms with Gasteiger partial charge in [-0.1, -0.05) is 48.5 Å². The Morgan fingerprint density at radius 3 is 2.54 bits per heavy atom. The summed E-state index contributed by atoms with van der Waals surface area (Å²) in [6, 6.07) is 22.6. The van der Waals surface area contributed by atoms with E-state index in [1.807, 2.05) is 47.4 Å². The second-order valence-corrected chi connectivity index (χ2v) is 8.85. The summed E-state index contributed by atoms with van der Waals surface area (Å²) in [5.74, 6) is 0.198. The van der Waals surface area contributed by atoms with Crippen LogP contribution in [-0.2, 0) is 24.2 Å². The fraction of sp³-hybridized carbons (Fsp3) is 0.217. The van der Waals surface area contributed by atoms with Crippen LogP contribution in [0.1, 0.15) is 21.9 Å². The number of amides is 1. The Morgan fingerprint density at radius 1 is 0.929 bits per heavy atom. The van der Waals surface area contributed by atoms with Crippen molar-refractivity contribution in [3.8, 4) is 0 Å². The minimum Gasteiger partial charge on any atom is -0.337 e. The molecule has 2 aromatic carbocycles. The van der Waals surface area contributed by atoms with Gasteiger partial charge in [-0.05, 0) is 35.6 Å². The molecule has 1 amide bonds. The van der Waals surface area contributed by atoms with Crippen LogP contribution in [0.25, 0.3) is 10.2 Å². The normalized spacial score (nSPS) is 11.0. The number of aryl methyl sites for hydroxylation is 1. The molecule has 0 saturated carbocycles. The van der Waals surface area contributed by atoms with Gasteiger partial charge in [0.1, 0.15) is 0 Å². The number of hydrogen-bond acceptors (Lipinski definition) is 4. The average molecular weight is 407 g/mol. The first-order chi connectivity index (χ1) is 13.8. The maximum atomic E-state index is 13.0. The maximum Gasteiger partial charge on any atom is 0.223 e. The fourth-order valence-electron chi connectivity index (χ4n) is 3.19. The molecule has 4 rings (SSSR count). The van der Waals surface area contributed by atoms with E-state index in [0.717, 1.165) is 23.5 Å². The van der Waals surface area contributed by atoms with Crippen molar-refractivity contribution in [3.05, 3.63) is 87.6 Å². The van der Waals surface area contributed by atoms with Crippen molar-refractivity contribution in [2.45, 2.75) is 25.8 Å². The predicted octanol–water partition coefficient (Wildman–Crippen LogP) is 5.56. The molecular weight excluding hydrogens is 384 g/mol. The average Bonchev–Trinajstić information content (AvgIpc) is 3.39. The summed E-state index contributed by atoms with van der Waals surface area (Å²) in [5.41, 5.74) is 2.28. The van der Waals surface area contributed by atoms with Gasteiger partial charge in [0.05, 0.1) is 21.8 Å². The summed E-state index contributed by atoms with van der Waals surface area (Å²) in [6.45, 7) is 1.42. The highest BCUT2D eigenvalue weighted by molar-refractivity contribution is 7.18. The number of carbonyl (C=O) groups is 1. The zero-order chi connectivity index (χ0) is 19.2. The lowest BCUT2D eigenvalue weighted by Gasteiger charge is -2.22. The number of thiazole rings is 1. The van der Waals surface area contributed by atoms with Gasteiger partial charge >= 0.3 is 0 Å². The van der Waals surface area contributed by atoms with E-state index in [0.29, 0.717) is 19.4 Å². The van der Waals surface area contributed by atoms with E-state index < -0.39 is 0 Å². The molecule has 0 N–H and O–H groups in total. The standard InChI is InChI=1S/C23H22N2OS2/c26-23(13-12-22-24-20-10-4-5-11-21(20)28-22)25(17-19-9-6-16-27-19)15-14-18-7-2-1-3-8-18/h1-11,16H,12-15,17H2. The molecule has 0 bridgehead atoms. The van der Waals surface area contributed by atoms with E-state index in [1.54, 1.807) is 22.7 Å². The molecule has 0 aliphatic heterocycles. The van der Waals surface area contributed by atoms with E-state index in [1.165, 1.54) is 15.1 Å². The third kappa shape index (κ3) is 4.86. The third-order valence-corrected chi connectivity index (χ3v) is 6.64. The minimum absolute atomic E-state index is 0.198. The monoisotopic (exact) mass is 406 g/mol. The Kier molecular flexibility index (Phi) is 6.14. The molecule has 0 saturated heterocycles. The molecule has 3 nitrogen and oxygen atoms in total. The number of thiophene rings is 1. The Labute approximate surface area is 173 Å². The van der Waals surface area contributed by atoms with Crippen molar-refractivity contribution >= 4 is 38.8 Å². The number of hydrogen-bond donors (Lipinski definition) is 0. The maximum absolute atomic E-state index is 13.0. The van der Waals surface area contributed by atoms with Crippen LogP contribution in [0.2, 0.25) is 0 Å². The van der Waals surface area contributed by atoms with Gasteiger partial charge in [0.15, 0.2) is 0 Å². The van der Waals surface area contributed by atoms with Gasteiger partial charge in [-0.3, -0.25) is 4.79 Å². The van der Waals surface area contributed by atoms with Crippen molar-refractivity contribution in [1.82, 2.24) is 9.88 Å². The summed E-state index contributed by atoms with van der Waals surface area (Å²) < 4.78 is 1.18. The molecule has 2 aromatic heterocycles. The molecule has 5 heteroatoms. The Balaban J connectivity index is 1.41. The van der Waals surface area contributed by atoms with Crippen LogP contribution in [0, 0.1) is 0 Å². The first-order valence-electron chi connectivity index (χ1n) is 9.46. The SMILES string of the molecule is O=C(CCc1nc2ccccc2s1)N(CCc1ccccc1)Cc1cccs1. The fourth-order valence-corrected chi connectivity index (χ4v) is 4.88. The Bertz CT molecular complexity index is 992. The van der Waals surface area contributed by atoms with Crippen LogP contribution in [0.3, 0.4) is 0 Å². The molecule has 0 aliphatic carbocycles. The molecule has 0 spiro atoms. The number of carbonyl (C=O) groups excluding carboxylic acids is 1. The van der Waals surface area contributed by atoms with Gasteiger partial charge in [-0.2, -0.15) is 0 Å². The number of benzene rings is 2. The third-order valence-electron chi connectivity index (χ3n) is 4.68. The van der Waals surface area contributed by atoms with Crippen molar-refractivity contribution < 1.29 is 4.79 Å². The van der Waals surface area contributed by atoms with Crippen molar-refractivity contribution in [2.24, 2.45) is 0 Å². The molecule has 0 fully saturated rings. The first kappa shape index (κ1) is 18.8. The zero-order valence-corrected chi connectivity index (χ0v) is 17.2. The lowest BCUT2D eigenvalue weighted by atomic mass is 10.1. The van der Waals surface area contributed by atoms with Gasteiger partial charge in [0.25, 0.3) is 0 Å². The Morgan fingerprint density at radius 2 is 1.75 bits per heavy atom. The number of para-hydroxylation sites is 1. The van der Waals surface area contributed by atoms with Crippen LogP contribution in [0.4, 0.5) is 0 Å². The molecule has 0 radical (unpaired) electrons. The smallest absolute Gasteiger partial charge is 0.223 e. The van der Waals surface area contributed by atoms with Crippen LogP contribution in [0.15, 0.2) is 72.1 Å². The largest absolute Gasteiger partial charge is 0.337 e. The molecule has 28 heavy (non-hydrogen) atoms. The summed E-state index contributed by atoms with van der Waals surface area (Å²) in [7, 11) is 0. The van der Waals surface area contributed by atoms with E-state index in [4.69, 9.17) is 0 Å². The number of aromatic nitrogens is 1. The minimum atomic E-state index is 0.198. The van der Waals surface area contributed by atoms with E-state index in [-0.39, 0.29) is 5.91 Å². The number of nitrogens with zero attached hydrogens (tertiary/aromatic N) is 2. The molecule has 0 aliphatic rings. The summed E-state index contributed by atoms with van der Waals surface area (Å²) in [6.07, 6.45) is 2.07. The first-order valence-corrected chi connectivity index (χ1v) is 11.2. The quantitative estimate of drug-likeness (QED) is 0.384. The van der Waals surface area contributed by atoms with Gasteiger partial charge in [0, 0.05) is 24.3 Å². The van der Waals surface area contributed by atoms with Gasteiger partial charge in [-0.25, -0.2) is 4.98 Å². The van der Waals surface area contributed by atoms with E-state index in [9.17, 15) is 4.79 Å². The van der Waals surface area contributed by atoms with Crippen LogP contribution in [0.5, 0.6) is 0 Å². The summed E-state index contributed by atoms with van der Waals surface area (Å²) >= 11 is 3.39. The van der Waals surface area contributed by atoms with Gasteiger partial charge in [0.2, 0.25) is 5.91 Å². The van der Waals surface area contributed by atoms with E-state index >= 15 is 0 Å². The highest BCUT2D eigenvalue weighted by Gasteiger charge is 2.16. The second kappa shape index (κ2) is 9.13. The van der Waals surface area contributed by atoms with Crippen molar-refractivity contribution in [2.75, 3.05) is 6.54 Å². The van der Waals surface area contributed by atoms with Gasteiger partial charge < -0.3 is 4.90 Å². The molecule has 142 valence electrons. The lowest BCUT2D eigenvalue weighted by Crippen LogP contribution is -2.32. The highest BCUT2D eigenvalue weighted by Crippen LogP contribution is 2.23. The molecule has 0 atom stereocenters. The predicted molar refractivity (Wildman–Crippen MR) is 118 cm³/mol. The topological polar surface area (TPSA) is 33.2 Å². The van der Waals surface area contributed by atoms with Crippen LogP contribution < -0.4 is 0 Å². The molecular formula is C23H22N2OS2. The van der Waals surface area contributed by atoms with E-state index in [2.05, 4.69) is 34.6 Å².